The number of aromatic nitrogens is 4. The fourth-order valence-corrected chi connectivity index (χ4v) is 4.10. The molecule has 1 fully saturated rings. The lowest BCUT2D eigenvalue weighted by Gasteiger charge is -2.17. The van der Waals surface area contributed by atoms with Gasteiger partial charge in [-0.2, -0.15) is 0 Å². The Morgan fingerprint density at radius 1 is 1.29 bits per heavy atom. The lowest BCUT2D eigenvalue weighted by molar-refractivity contribution is -0.143. The second-order valence-corrected chi connectivity index (χ2v) is 8.45. The highest BCUT2D eigenvalue weighted by atomic mass is 32.1. The maximum absolute atomic E-state index is 14.0. The number of carboxylic acids is 1. The van der Waals surface area contributed by atoms with Gasteiger partial charge in [-0.25, -0.2) is 23.2 Å². The molecule has 0 saturated carbocycles. The normalized spacial score (nSPS) is 19.7. The summed E-state index contributed by atoms with van der Waals surface area (Å²) in [6.07, 6.45) is 0.177. The molecule has 3 atom stereocenters. The fourth-order valence-electron chi connectivity index (χ4n) is 3.53. The number of hydrogen-bond donors (Lipinski definition) is 3. The molecule has 1 aromatic carbocycles. The molecule has 2 aromatic heterocycles. The monoisotopic (exact) mass is 506 g/mol. The molecule has 3 N–H and O–H groups in total. The summed E-state index contributed by atoms with van der Waals surface area (Å²) in [5.74, 6) is -4.25. The Bertz CT molecular complexity index is 1230. The van der Waals surface area contributed by atoms with E-state index >= 15 is 0 Å². The van der Waals surface area contributed by atoms with Crippen LogP contribution in [0, 0.1) is 11.6 Å². The maximum Gasteiger partial charge on any atom is 0.339 e. The second kappa shape index (κ2) is 9.84. The summed E-state index contributed by atoms with van der Waals surface area (Å²) in [7, 11) is 0. The molecule has 4 rings (SSSR count). The van der Waals surface area contributed by atoms with Gasteiger partial charge in [-0.05, 0) is 18.6 Å². The van der Waals surface area contributed by atoms with Gasteiger partial charge in [0.2, 0.25) is 11.5 Å². The summed E-state index contributed by atoms with van der Waals surface area (Å²) in [6, 6.07) is 2.29. The van der Waals surface area contributed by atoms with E-state index in [9.17, 15) is 28.3 Å². The number of carbonyl (C=O) groups is 3. The molecular weight excluding hydrogens is 486 g/mol. The number of carboxylic acid groups (broad SMARTS) is 1. The van der Waals surface area contributed by atoms with E-state index < -0.39 is 52.9 Å². The van der Waals surface area contributed by atoms with Crippen LogP contribution in [0.3, 0.4) is 0 Å². The van der Waals surface area contributed by atoms with Crippen molar-refractivity contribution in [3.8, 4) is 5.69 Å². The van der Waals surface area contributed by atoms with Gasteiger partial charge in [-0.3, -0.25) is 9.59 Å². The van der Waals surface area contributed by atoms with E-state index in [0.29, 0.717) is 5.69 Å². The summed E-state index contributed by atoms with van der Waals surface area (Å²) >= 11 is 1.31. The predicted molar refractivity (Wildman–Crippen MR) is 116 cm³/mol. The topological polar surface area (TPSA) is 152 Å². The van der Waals surface area contributed by atoms with E-state index in [2.05, 4.69) is 25.9 Å². The Balaban J connectivity index is 1.43. The van der Waals surface area contributed by atoms with Crippen LogP contribution >= 0.6 is 11.3 Å². The molecule has 11 nitrogen and oxygen atoms in total. The van der Waals surface area contributed by atoms with Crippen LogP contribution in [0.5, 0.6) is 0 Å². The van der Waals surface area contributed by atoms with Crippen LogP contribution in [-0.2, 0) is 32.1 Å². The summed E-state index contributed by atoms with van der Waals surface area (Å²) in [5.41, 5.74) is 0.317. The van der Waals surface area contributed by atoms with Gasteiger partial charge in [-0.15, -0.1) is 16.4 Å². The largest absolute Gasteiger partial charge is 0.479 e. The molecule has 0 radical (unpaired) electrons. The molecule has 1 saturated heterocycles. The number of ether oxygens (including phenoxy) is 1. The van der Waals surface area contributed by atoms with Gasteiger partial charge in [0.25, 0.3) is 5.91 Å². The molecule has 0 spiro atoms. The molecule has 3 heterocycles. The molecule has 0 bridgehead atoms. The predicted octanol–water partition coefficient (Wildman–Crippen LogP) is 0.978. The Kier molecular flexibility index (Phi) is 6.84. The minimum atomic E-state index is -1.60. The zero-order chi connectivity index (χ0) is 25.2. The number of thiazole rings is 1. The number of para-hydroxylation sites is 1. The number of nitrogens with zero attached hydrogens (tertiary/aromatic N) is 4. The third kappa shape index (κ3) is 5.02. The SMILES string of the molecule is CCC1(C(=O)O)OC1C(=O)N[C@@H](Cc1cscn1)C(=O)NCc1cn(-c2c(F)cccc2F)nn1. The first-order valence-corrected chi connectivity index (χ1v) is 11.4. The van der Waals surface area contributed by atoms with Gasteiger partial charge in [-0.1, -0.05) is 18.2 Å². The maximum atomic E-state index is 14.0. The Morgan fingerprint density at radius 2 is 2.03 bits per heavy atom. The average Bonchev–Trinajstić information content (AvgIpc) is 3.11. The van der Waals surface area contributed by atoms with Crippen molar-refractivity contribution in [2.45, 2.75) is 44.1 Å². The number of hydrogen-bond acceptors (Lipinski definition) is 8. The number of aliphatic carboxylic acids is 1. The zero-order valence-electron chi connectivity index (χ0n) is 18.3. The average molecular weight is 506 g/mol. The third-order valence-corrected chi connectivity index (χ3v) is 6.14. The highest BCUT2D eigenvalue weighted by Crippen LogP contribution is 2.40. The number of nitrogens with one attached hydrogen (secondary N) is 2. The van der Waals surface area contributed by atoms with Gasteiger partial charge in [0.1, 0.15) is 17.4 Å². The zero-order valence-corrected chi connectivity index (χ0v) is 19.1. The van der Waals surface area contributed by atoms with Crippen molar-refractivity contribution in [3.05, 3.63) is 58.3 Å². The van der Waals surface area contributed by atoms with Gasteiger partial charge in [0, 0.05) is 11.8 Å². The number of rotatable bonds is 10. The van der Waals surface area contributed by atoms with Crippen molar-refractivity contribution in [3.63, 3.8) is 0 Å². The highest BCUT2D eigenvalue weighted by Gasteiger charge is 2.65. The van der Waals surface area contributed by atoms with E-state index in [1.807, 2.05) is 0 Å². The van der Waals surface area contributed by atoms with Crippen LogP contribution < -0.4 is 10.6 Å². The van der Waals surface area contributed by atoms with E-state index in [0.717, 1.165) is 16.8 Å². The third-order valence-electron chi connectivity index (χ3n) is 5.50. The van der Waals surface area contributed by atoms with Crippen LogP contribution in [0.15, 0.2) is 35.3 Å². The minimum Gasteiger partial charge on any atom is -0.479 e. The summed E-state index contributed by atoms with van der Waals surface area (Å²) < 4.78 is 34.0. The summed E-state index contributed by atoms with van der Waals surface area (Å²) in [5, 5.41) is 23.7. The Labute approximate surface area is 201 Å². The number of halogens is 2. The molecule has 2 unspecified atom stereocenters. The first-order valence-electron chi connectivity index (χ1n) is 10.5. The summed E-state index contributed by atoms with van der Waals surface area (Å²) in [4.78, 5) is 41.1. The van der Waals surface area contributed by atoms with E-state index in [1.165, 1.54) is 23.6 Å². The van der Waals surface area contributed by atoms with Crippen LogP contribution in [0.25, 0.3) is 5.69 Å². The molecule has 14 heteroatoms. The number of benzene rings is 1. The van der Waals surface area contributed by atoms with Crippen molar-refractivity contribution in [2.24, 2.45) is 0 Å². The van der Waals surface area contributed by atoms with Crippen molar-refractivity contribution < 1.29 is 33.0 Å². The van der Waals surface area contributed by atoms with Gasteiger partial charge in [0.05, 0.1) is 23.9 Å². The van der Waals surface area contributed by atoms with E-state index in [-0.39, 0.29) is 25.1 Å². The van der Waals surface area contributed by atoms with Crippen molar-refractivity contribution in [1.29, 1.82) is 0 Å². The van der Waals surface area contributed by atoms with E-state index in [1.54, 1.807) is 17.8 Å². The minimum absolute atomic E-state index is 0.0487. The lowest BCUT2D eigenvalue weighted by atomic mass is 10.0. The van der Waals surface area contributed by atoms with Crippen LogP contribution in [0.4, 0.5) is 8.78 Å². The highest BCUT2D eigenvalue weighted by molar-refractivity contribution is 7.07. The Hall–Kier alpha value is -3.78. The lowest BCUT2D eigenvalue weighted by Crippen LogP contribution is -2.50. The van der Waals surface area contributed by atoms with Crippen LogP contribution in [-0.4, -0.2) is 60.6 Å². The van der Waals surface area contributed by atoms with Crippen molar-refractivity contribution in [2.75, 3.05) is 0 Å². The van der Waals surface area contributed by atoms with Gasteiger partial charge >= 0.3 is 5.97 Å². The van der Waals surface area contributed by atoms with Crippen LogP contribution in [0.2, 0.25) is 0 Å². The van der Waals surface area contributed by atoms with Gasteiger partial charge in [0.15, 0.2) is 17.7 Å². The number of epoxide rings is 1. The molecular formula is C21H20F2N6O5S. The molecule has 2 amide bonds. The molecule has 3 aromatic rings. The van der Waals surface area contributed by atoms with Crippen molar-refractivity contribution in [1.82, 2.24) is 30.6 Å². The standard InChI is InChI=1S/C21H20F2N6O5S/c1-2-21(20(32)33)17(34-21)19(31)26-15(6-11-9-35-10-25-11)18(30)24-7-12-8-29(28-27-12)16-13(22)4-3-5-14(16)23/h3-5,8-10,15,17H,2,6-7H2,1H3,(H,24,30)(H,26,31)(H,32,33)/t15-,17?,21?/m0/s1. The van der Waals surface area contributed by atoms with Crippen molar-refractivity contribution >= 4 is 29.1 Å². The number of amides is 2. The van der Waals surface area contributed by atoms with Gasteiger partial charge < -0.3 is 20.5 Å². The second-order valence-electron chi connectivity index (χ2n) is 7.73. The molecule has 0 aliphatic carbocycles. The first kappa shape index (κ1) is 24.3. The first-order chi connectivity index (χ1) is 16.7. The van der Waals surface area contributed by atoms with Crippen LogP contribution in [0.1, 0.15) is 24.7 Å². The van der Waals surface area contributed by atoms with E-state index in [4.69, 9.17) is 4.74 Å². The molecule has 35 heavy (non-hydrogen) atoms. The molecule has 1 aliphatic heterocycles. The molecule has 184 valence electrons. The smallest absolute Gasteiger partial charge is 0.339 e. The number of carbonyl (C=O) groups excluding carboxylic acids is 2. The molecule has 1 aliphatic rings. The Morgan fingerprint density at radius 3 is 2.63 bits per heavy atom. The fraction of sp³-hybridized carbons (Fsp3) is 0.333. The summed E-state index contributed by atoms with van der Waals surface area (Å²) in [6.45, 7) is 1.44. The quantitative estimate of drug-likeness (QED) is 0.344.